The quantitative estimate of drug-likeness (QED) is 0.813. The third-order valence-corrected chi connectivity index (χ3v) is 5.38. The fraction of sp³-hybridized carbons (Fsp3) is 0.389. The molecule has 1 aliphatic heterocycles. The molecule has 2 heterocycles. The van der Waals surface area contributed by atoms with Crippen molar-refractivity contribution in [3.63, 3.8) is 0 Å². The number of nitrogens with one attached hydrogen (secondary N) is 1. The largest absolute Gasteiger partial charge is 0.481 e. The van der Waals surface area contributed by atoms with Gasteiger partial charge in [-0.05, 0) is 55.1 Å². The lowest BCUT2D eigenvalue weighted by atomic mass is 9.96. The van der Waals surface area contributed by atoms with Crippen molar-refractivity contribution in [1.29, 1.82) is 0 Å². The Morgan fingerprint density at radius 1 is 1.22 bits per heavy atom. The Morgan fingerprint density at radius 2 is 1.89 bits per heavy atom. The zero-order chi connectivity index (χ0) is 19.4. The second-order valence-electron chi connectivity index (χ2n) is 6.34. The summed E-state index contributed by atoms with van der Waals surface area (Å²) in [6, 6.07) is 6.67. The topological polar surface area (TPSA) is 112 Å². The second kappa shape index (κ2) is 8.26. The van der Waals surface area contributed by atoms with Crippen molar-refractivity contribution in [3.8, 4) is 0 Å². The van der Waals surface area contributed by atoms with Gasteiger partial charge in [0.25, 0.3) is 11.8 Å². The molecular weight excluding hydrogens is 368 g/mol. The molecule has 8 nitrogen and oxygen atoms in total. The number of aliphatic carboxylic acids is 1. The first kappa shape index (κ1) is 19.0. The summed E-state index contributed by atoms with van der Waals surface area (Å²) >= 11 is 1.05. The highest BCUT2D eigenvalue weighted by Crippen LogP contribution is 2.20. The molecule has 1 fully saturated rings. The van der Waals surface area contributed by atoms with Gasteiger partial charge in [-0.25, -0.2) is 0 Å². The Labute approximate surface area is 160 Å². The van der Waals surface area contributed by atoms with Gasteiger partial charge in [0.05, 0.1) is 11.6 Å². The zero-order valence-corrected chi connectivity index (χ0v) is 15.7. The van der Waals surface area contributed by atoms with Crippen molar-refractivity contribution >= 4 is 35.0 Å². The number of carbonyl (C=O) groups excluding carboxylic acids is 2. The molecule has 0 atom stereocenters. The molecule has 0 radical (unpaired) electrons. The van der Waals surface area contributed by atoms with E-state index in [4.69, 9.17) is 5.11 Å². The lowest BCUT2D eigenvalue weighted by molar-refractivity contribution is -0.143. The molecule has 1 aromatic heterocycles. The Balaban J connectivity index is 1.61. The number of likely N-dealkylation sites (tertiary alicyclic amines) is 1. The predicted molar refractivity (Wildman–Crippen MR) is 99.9 cm³/mol. The highest BCUT2D eigenvalue weighted by atomic mass is 32.1. The molecule has 2 amide bonds. The van der Waals surface area contributed by atoms with Crippen molar-refractivity contribution in [3.05, 3.63) is 40.4 Å². The number of anilines is 1. The molecule has 27 heavy (non-hydrogen) atoms. The third kappa shape index (κ3) is 4.30. The molecular formula is C18H20N4O4S. The van der Waals surface area contributed by atoms with E-state index in [1.54, 1.807) is 29.2 Å². The SMILES string of the molecule is CCc1nnsc1C(=O)Nc1ccc(C(=O)N2CCC(C(=O)O)CC2)cc1. The summed E-state index contributed by atoms with van der Waals surface area (Å²) in [6.07, 6.45) is 1.57. The number of hydrogen-bond acceptors (Lipinski definition) is 6. The number of rotatable bonds is 5. The van der Waals surface area contributed by atoms with Crippen LogP contribution in [-0.4, -0.2) is 50.5 Å². The summed E-state index contributed by atoms with van der Waals surface area (Å²) in [6.45, 7) is 2.78. The van der Waals surface area contributed by atoms with Gasteiger partial charge in [0.15, 0.2) is 0 Å². The minimum Gasteiger partial charge on any atom is -0.481 e. The van der Waals surface area contributed by atoms with Crippen LogP contribution < -0.4 is 5.32 Å². The van der Waals surface area contributed by atoms with Crippen molar-refractivity contribution in [2.75, 3.05) is 18.4 Å². The highest BCUT2D eigenvalue weighted by Gasteiger charge is 2.27. The average Bonchev–Trinajstić information content (AvgIpc) is 3.17. The molecule has 9 heteroatoms. The summed E-state index contributed by atoms with van der Waals surface area (Å²) in [5.41, 5.74) is 1.75. The summed E-state index contributed by atoms with van der Waals surface area (Å²) in [4.78, 5) is 38.0. The minimum absolute atomic E-state index is 0.128. The second-order valence-corrected chi connectivity index (χ2v) is 7.09. The normalized spacial score (nSPS) is 14.8. The van der Waals surface area contributed by atoms with Crippen LogP contribution >= 0.6 is 11.5 Å². The smallest absolute Gasteiger partial charge is 0.306 e. The van der Waals surface area contributed by atoms with Crippen LogP contribution in [0.25, 0.3) is 0 Å². The number of carboxylic acids is 1. The van der Waals surface area contributed by atoms with Crippen molar-refractivity contribution in [2.45, 2.75) is 26.2 Å². The number of hydrogen-bond donors (Lipinski definition) is 2. The number of amides is 2. The van der Waals surface area contributed by atoms with E-state index in [0.717, 1.165) is 11.5 Å². The Morgan fingerprint density at radius 3 is 2.48 bits per heavy atom. The third-order valence-electron chi connectivity index (χ3n) is 4.62. The molecule has 0 spiro atoms. The van der Waals surface area contributed by atoms with Crippen LogP contribution in [0.5, 0.6) is 0 Å². The van der Waals surface area contributed by atoms with Gasteiger partial charge in [-0.2, -0.15) is 0 Å². The van der Waals surface area contributed by atoms with Gasteiger partial charge in [-0.15, -0.1) is 5.10 Å². The summed E-state index contributed by atoms with van der Waals surface area (Å²) in [5.74, 6) is -1.57. The first-order chi connectivity index (χ1) is 13.0. The maximum atomic E-state index is 12.6. The molecule has 142 valence electrons. The lowest BCUT2D eigenvalue weighted by Crippen LogP contribution is -2.40. The van der Waals surface area contributed by atoms with E-state index < -0.39 is 5.97 Å². The summed E-state index contributed by atoms with van der Waals surface area (Å²) in [7, 11) is 0. The molecule has 2 N–H and O–H groups in total. The zero-order valence-electron chi connectivity index (χ0n) is 14.8. The number of carbonyl (C=O) groups is 3. The van der Waals surface area contributed by atoms with Crippen LogP contribution in [0.2, 0.25) is 0 Å². The van der Waals surface area contributed by atoms with Gasteiger partial charge in [-0.1, -0.05) is 11.4 Å². The number of nitrogens with zero attached hydrogens (tertiary/aromatic N) is 3. The van der Waals surface area contributed by atoms with Crippen LogP contribution in [0.4, 0.5) is 5.69 Å². The van der Waals surface area contributed by atoms with E-state index in [1.807, 2.05) is 6.92 Å². The average molecular weight is 388 g/mol. The molecule has 0 unspecified atom stereocenters. The van der Waals surface area contributed by atoms with Gasteiger partial charge in [0.2, 0.25) is 0 Å². The monoisotopic (exact) mass is 388 g/mol. The van der Waals surface area contributed by atoms with Crippen molar-refractivity contribution in [2.24, 2.45) is 5.92 Å². The van der Waals surface area contributed by atoms with E-state index in [2.05, 4.69) is 14.9 Å². The molecule has 2 aromatic rings. The highest BCUT2D eigenvalue weighted by molar-refractivity contribution is 7.08. The van der Waals surface area contributed by atoms with Gasteiger partial charge in [-0.3, -0.25) is 14.4 Å². The number of benzene rings is 1. The Bertz CT molecular complexity index is 841. The first-order valence-corrected chi connectivity index (χ1v) is 9.51. The van der Waals surface area contributed by atoms with E-state index in [9.17, 15) is 14.4 Å². The van der Waals surface area contributed by atoms with Crippen LogP contribution in [0.3, 0.4) is 0 Å². The van der Waals surface area contributed by atoms with Crippen molar-refractivity contribution in [1.82, 2.24) is 14.5 Å². The fourth-order valence-electron chi connectivity index (χ4n) is 3.01. The number of aromatic nitrogens is 2. The standard InChI is InChI=1S/C18H20N4O4S/c1-2-14-15(27-21-20-14)16(23)19-13-5-3-11(4-6-13)17(24)22-9-7-12(8-10-22)18(25)26/h3-6,12H,2,7-10H2,1H3,(H,19,23)(H,25,26). The van der Waals surface area contributed by atoms with E-state index in [1.165, 1.54) is 0 Å². The predicted octanol–water partition coefficient (Wildman–Crippen LogP) is 2.29. The molecule has 1 saturated heterocycles. The number of carboxylic acid groups (broad SMARTS) is 1. The maximum absolute atomic E-state index is 12.6. The number of aryl methyl sites for hydroxylation is 1. The first-order valence-electron chi connectivity index (χ1n) is 8.74. The van der Waals surface area contributed by atoms with Crippen LogP contribution in [0, 0.1) is 5.92 Å². The van der Waals surface area contributed by atoms with E-state index >= 15 is 0 Å². The molecule has 3 rings (SSSR count). The Hall–Kier alpha value is -2.81. The summed E-state index contributed by atoms with van der Waals surface area (Å²) < 4.78 is 3.80. The number of piperidine rings is 1. The maximum Gasteiger partial charge on any atom is 0.306 e. The van der Waals surface area contributed by atoms with Gasteiger partial charge in [0, 0.05) is 24.3 Å². The molecule has 0 saturated carbocycles. The van der Waals surface area contributed by atoms with Crippen molar-refractivity contribution < 1.29 is 19.5 Å². The van der Waals surface area contributed by atoms with E-state index in [0.29, 0.717) is 54.2 Å². The van der Waals surface area contributed by atoms with Crippen LogP contribution in [0.1, 0.15) is 45.5 Å². The molecule has 0 bridgehead atoms. The molecule has 0 aliphatic carbocycles. The van der Waals surface area contributed by atoms with Gasteiger partial charge < -0.3 is 15.3 Å². The fourth-order valence-corrected chi connectivity index (χ4v) is 3.65. The Kier molecular flexibility index (Phi) is 5.80. The minimum atomic E-state index is -0.801. The van der Waals surface area contributed by atoms with Gasteiger partial charge in [0.1, 0.15) is 4.88 Å². The van der Waals surface area contributed by atoms with Gasteiger partial charge >= 0.3 is 5.97 Å². The summed E-state index contributed by atoms with van der Waals surface area (Å²) in [5, 5.41) is 15.7. The van der Waals surface area contributed by atoms with Crippen LogP contribution in [0.15, 0.2) is 24.3 Å². The molecule has 1 aromatic carbocycles. The van der Waals surface area contributed by atoms with E-state index in [-0.39, 0.29) is 17.7 Å². The lowest BCUT2D eigenvalue weighted by Gasteiger charge is -2.30. The molecule has 1 aliphatic rings. The van der Waals surface area contributed by atoms with Crippen LogP contribution in [-0.2, 0) is 11.2 Å².